The third-order valence-electron chi connectivity index (χ3n) is 2.71. The third kappa shape index (κ3) is 3.65. The summed E-state index contributed by atoms with van der Waals surface area (Å²) in [6, 6.07) is 10.5. The second kappa shape index (κ2) is 5.89. The van der Waals surface area contributed by atoms with Gasteiger partial charge in [0, 0.05) is 6.61 Å². The molecule has 0 bridgehead atoms. The Balaban J connectivity index is 1.66. The topological polar surface area (TPSA) is 18.5 Å². The summed E-state index contributed by atoms with van der Waals surface area (Å²) in [7, 11) is 0. The highest BCUT2D eigenvalue weighted by molar-refractivity contribution is 5.14. The minimum atomic E-state index is 0.322. The van der Waals surface area contributed by atoms with Gasteiger partial charge in [-0.2, -0.15) is 0 Å². The van der Waals surface area contributed by atoms with E-state index in [1.807, 2.05) is 6.07 Å². The van der Waals surface area contributed by atoms with Crippen LogP contribution in [0.4, 0.5) is 0 Å². The lowest BCUT2D eigenvalue weighted by Crippen LogP contribution is -2.26. The van der Waals surface area contributed by atoms with Crippen LogP contribution in [-0.2, 0) is 15.9 Å². The van der Waals surface area contributed by atoms with Crippen LogP contribution in [0.1, 0.15) is 18.4 Å². The van der Waals surface area contributed by atoms with Gasteiger partial charge in [-0.15, -0.1) is 0 Å². The fraction of sp³-hybridized carbons (Fsp3) is 0.538. The number of hydrogen-bond donors (Lipinski definition) is 0. The van der Waals surface area contributed by atoms with Gasteiger partial charge in [-0.25, -0.2) is 0 Å². The summed E-state index contributed by atoms with van der Waals surface area (Å²) in [6.45, 7) is 2.48. The molecule has 1 saturated heterocycles. The molecule has 0 aliphatic carbocycles. The molecule has 1 aromatic rings. The van der Waals surface area contributed by atoms with Gasteiger partial charge in [0.25, 0.3) is 0 Å². The molecule has 0 N–H and O–H groups in total. The molecule has 82 valence electrons. The molecule has 1 aliphatic heterocycles. The van der Waals surface area contributed by atoms with Crippen LogP contribution in [0, 0.1) is 0 Å². The fourth-order valence-electron chi connectivity index (χ4n) is 1.83. The summed E-state index contributed by atoms with van der Waals surface area (Å²) in [5.74, 6) is 0. The normalized spacial score (nSPS) is 21.5. The van der Waals surface area contributed by atoms with Crippen LogP contribution in [0.5, 0.6) is 0 Å². The molecule has 1 aliphatic rings. The number of hydrogen-bond acceptors (Lipinski definition) is 2. The Kier molecular flexibility index (Phi) is 4.18. The number of benzene rings is 1. The summed E-state index contributed by atoms with van der Waals surface area (Å²) in [4.78, 5) is 0. The first-order valence-electron chi connectivity index (χ1n) is 5.68. The van der Waals surface area contributed by atoms with E-state index in [2.05, 4.69) is 24.3 Å². The molecule has 0 radical (unpaired) electrons. The van der Waals surface area contributed by atoms with Gasteiger partial charge in [0.05, 0.1) is 19.3 Å². The highest BCUT2D eigenvalue weighted by atomic mass is 16.5. The summed E-state index contributed by atoms with van der Waals surface area (Å²) in [5.41, 5.74) is 1.34. The van der Waals surface area contributed by atoms with E-state index in [0.29, 0.717) is 6.10 Å². The number of ether oxygens (including phenoxy) is 2. The lowest BCUT2D eigenvalue weighted by Gasteiger charge is -2.22. The molecule has 0 amide bonds. The van der Waals surface area contributed by atoms with Crippen LogP contribution in [-0.4, -0.2) is 25.9 Å². The van der Waals surface area contributed by atoms with Crippen LogP contribution in [0.15, 0.2) is 30.3 Å². The fourth-order valence-corrected chi connectivity index (χ4v) is 1.83. The van der Waals surface area contributed by atoms with Gasteiger partial charge in [-0.1, -0.05) is 30.3 Å². The van der Waals surface area contributed by atoms with E-state index in [0.717, 1.165) is 39.1 Å². The Morgan fingerprint density at radius 3 is 2.87 bits per heavy atom. The standard InChI is InChI=1S/C13H18O2/c1-2-5-12(6-3-1)8-10-15-13-7-4-9-14-11-13/h1-3,5-6,13H,4,7-11H2. The van der Waals surface area contributed by atoms with Crippen molar-refractivity contribution < 1.29 is 9.47 Å². The van der Waals surface area contributed by atoms with Crippen molar-refractivity contribution in [1.82, 2.24) is 0 Å². The molecular formula is C13H18O2. The summed E-state index contributed by atoms with van der Waals surface area (Å²) in [5, 5.41) is 0. The van der Waals surface area contributed by atoms with E-state index >= 15 is 0 Å². The summed E-state index contributed by atoms with van der Waals surface area (Å²) >= 11 is 0. The monoisotopic (exact) mass is 206 g/mol. The zero-order valence-electron chi connectivity index (χ0n) is 9.02. The predicted molar refractivity (Wildman–Crippen MR) is 59.9 cm³/mol. The Morgan fingerprint density at radius 1 is 1.27 bits per heavy atom. The van der Waals surface area contributed by atoms with Crippen LogP contribution >= 0.6 is 0 Å². The maximum atomic E-state index is 5.76. The highest BCUT2D eigenvalue weighted by Crippen LogP contribution is 2.10. The van der Waals surface area contributed by atoms with E-state index in [1.165, 1.54) is 5.56 Å². The SMILES string of the molecule is c1ccc(CCOC2CCCOC2)cc1. The van der Waals surface area contributed by atoms with E-state index < -0.39 is 0 Å². The summed E-state index contributed by atoms with van der Waals surface area (Å²) in [6.07, 6.45) is 3.60. The van der Waals surface area contributed by atoms with Crippen molar-refractivity contribution in [2.24, 2.45) is 0 Å². The lowest BCUT2D eigenvalue weighted by atomic mass is 10.1. The highest BCUT2D eigenvalue weighted by Gasteiger charge is 2.13. The first kappa shape index (κ1) is 10.7. The zero-order chi connectivity index (χ0) is 10.3. The Morgan fingerprint density at radius 2 is 2.13 bits per heavy atom. The van der Waals surface area contributed by atoms with E-state index in [4.69, 9.17) is 9.47 Å². The first-order valence-corrected chi connectivity index (χ1v) is 5.68. The lowest BCUT2D eigenvalue weighted by molar-refractivity contribution is -0.0489. The van der Waals surface area contributed by atoms with Crippen molar-refractivity contribution >= 4 is 0 Å². The van der Waals surface area contributed by atoms with E-state index in [9.17, 15) is 0 Å². The van der Waals surface area contributed by atoms with Gasteiger partial charge in [-0.05, 0) is 24.8 Å². The average molecular weight is 206 g/mol. The van der Waals surface area contributed by atoms with Gasteiger partial charge in [0.2, 0.25) is 0 Å². The molecule has 0 saturated carbocycles. The second-order valence-electron chi connectivity index (χ2n) is 3.95. The molecule has 1 heterocycles. The van der Waals surface area contributed by atoms with Gasteiger partial charge in [0.15, 0.2) is 0 Å². The van der Waals surface area contributed by atoms with Crippen molar-refractivity contribution in [2.45, 2.75) is 25.4 Å². The van der Waals surface area contributed by atoms with Gasteiger partial charge < -0.3 is 9.47 Å². The number of rotatable bonds is 4. The Bertz CT molecular complexity index is 265. The van der Waals surface area contributed by atoms with Crippen LogP contribution in [0.25, 0.3) is 0 Å². The van der Waals surface area contributed by atoms with Gasteiger partial charge in [-0.3, -0.25) is 0 Å². The summed E-state index contributed by atoms with van der Waals surface area (Å²) < 4.78 is 11.1. The molecule has 1 aromatic carbocycles. The third-order valence-corrected chi connectivity index (χ3v) is 2.71. The van der Waals surface area contributed by atoms with Crippen LogP contribution in [0.3, 0.4) is 0 Å². The van der Waals surface area contributed by atoms with E-state index in [-0.39, 0.29) is 0 Å². The molecule has 0 spiro atoms. The van der Waals surface area contributed by atoms with Gasteiger partial charge in [0.1, 0.15) is 0 Å². The minimum Gasteiger partial charge on any atom is -0.379 e. The minimum absolute atomic E-state index is 0.322. The van der Waals surface area contributed by atoms with Crippen molar-refractivity contribution in [1.29, 1.82) is 0 Å². The molecule has 2 nitrogen and oxygen atoms in total. The molecule has 15 heavy (non-hydrogen) atoms. The Labute approximate surface area is 91.2 Å². The van der Waals surface area contributed by atoms with Crippen molar-refractivity contribution in [3.05, 3.63) is 35.9 Å². The largest absolute Gasteiger partial charge is 0.379 e. The van der Waals surface area contributed by atoms with Crippen LogP contribution < -0.4 is 0 Å². The molecule has 1 atom stereocenters. The average Bonchev–Trinajstić information content (AvgIpc) is 2.32. The van der Waals surface area contributed by atoms with Crippen molar-refractivity contribution in [3.8, 4) is 0 Å². The maximum absolute atomic E-state index is 5.76. The zero-order valence-corrected chi connectivity index (χ0v) is 9.02. The molecule has 2 heteroatoms. The second-order valence-corrected chi connectivity index (χ2v) is 3.95. The van der Waals surface area contributed by atoms with Gasteiger partial charge >= 0.3 is 0 Å². The van der Waals surface area contributed by atoms with Crippen molar-refractivity contribution in [2.75, 3.05) is 19.8 Å². The van der Waals surface area contributed by atoms with Crippen LogP contribution in [0.2, 0.25) is 0 Å². The molecule has 2 rings (SSSR count). The molecule has 0 aromatic heterocycles. The van der Waals surface area contributed by atoms with Crippen molar-refractivity contribution in [3.63, 3.8) is 0 Å². The first-order chi connectivity index (χ1) is 7.45. The molecular weight excluding hydrogens is 188 g/mol. The Hall–Kier alpha value is -0.860. The van der Waals surface area contributed by atoms with E-state index in [1.54, 1.807) is 0 Å². The quantitative estimate of drug-likeness (QED) is 0.753. The maximum Gasteiger partial charge on any atom is 0.0809 e. The predicted octanol–water partition coefficient (Wildman–Crippen LogP) is 2.42. The smallest absolute Gasteiger partial charge is 0.0809 e. The molecule has 1 unspecified atom stereocenters. The molecule has 1 fully saturated rings.